The van der Waals surface area contributed by atoms with E-state index in [0.717, 1.165) is 5.56 Å². The van der Waals surface area contributed by atoms with E-state index in [-0.39, 0.29) is 23.4 Å². The lowest BCUT2D eigenvalue weighted by Gasteiger charge is -2.10. The summed E-state index contributed by atoms with van der Waals surface area (Å²) < 4.78 is 12.9. The van der Waals surface area contributed by atoms with Crippen molar-refractivity contribution >= 4 is 16.8 Å². The topological polar surface area (TPSA) is 17.1 Å². The van der Waals surface area contributed by atoms with Crippen molar-refractivity contribution in [2.24, 2.45) is 0 Å². The first-order valence-electron chi connectivity index (χ1n) is 4.45. The average molecular weight is 215 g/mol. The summed E-state index contributed by atoms with van der Waals surface area (Å²) >= 11 is 5.28. The Balaban J connectivity index is 2.85. The van der Waals surface area contributed by atoms with Gasteiger partial charge in [-0.2, -0.15) is 0 Å². The first-order chi connectivity index (χ1) is 6.50. The molecule has 0 amide bonds. The molecule has 1 atom stereocenters. The van der Waals surface area contributed by atoms with Gasteiger partial charge in [0.1, 0.15) is 5.82 Å². The van der Waals surface area contributed by atoms with Crippen LogP contribution in [0.15, 0.2) is 18.2 Å². The highest BCUT2D eigenvalue weighted by Crippen LogP contribution is 2.22. The molecule has 1 aromatic rings. The van der Waals surface area contributed by atoms with Crippen molar-refractivity contribution in [1.82, 2.24) is 0 Å². The Kier molecular flexibility index (Phi) is 3.64. The quantitative estimate of drug-likeness (QED) is 0.705. The standard InChI is InChI=1S/C11H12ClFO/c1-7(6-11(12)14)9-3-4-10(13)8(2)5-9/h3-5,7H,6H2,1-2H3. The van der Waals surface area contributed by atoms with Gasteiger partial charge in [0.05, 0.1) is 0 Å². The van der Waals surface area contributed by atoms with Gasteiger partial charge in [0, 0.05) is 6.42 Å². The van der Waals surface area contributed by atoms with E-state index in [1.807, 2.05) is 6.92 Å². The van der Waals surface area contributed by atoms with Gasteiger partial charge in [-0.3, -0.25) is 4.79 Å². The summed E-state index contributed by atoms with van der Waals surface area (Å²) in [6.45, 7) is 3.60. The second-order valence-electron chi connectivity index (χ2n) is 3.47. The van der Waals surface area contributed by atoms with Crippen molar-refractivity contribution in [3.8, 4) is 0 Å². The zero-order valence-electron chi connectivity index (χ0n) is 8.18. The van der Waals surface area contributed by atoms with E-state index in [1.54, 1.807) is 19.1 Å². The summed E-state index contributed by atoms with van der Waals surface area (Å²) in [5, 5.41) is -0.362. The highest BCUT2D eigenvalue weighted by molar-refractivity contribution is 6.63. The largest absolute Gasteiger partial charge is 0.281 e. The number of carbonyl (C=O) groups excluding carboxylic acids is 1. The smallest absolute Gasteiger partial charge is 0.222 e. The number of rotatable bonds is 3. The normalized spacial score (nSPS) is 12.6. The number of hydrogen-bond donors (Lipinski definition) is 0. The van der Waals surface area contributed by atoms with Crippen LogP contribution in [-0.2, 0) is 4.79 Å². The van der Waals surface area contributed by atoms with Crippen molar-refractivity contribution in [2.45, 2.75) is 26.2 Å². The number of halogens is 2. The second kappa shape index (κ2) is 4.56. The third-order valence-corrected chi connectivity index (χ3v) is 2.37. The van der Waals surface area contributed by atoms with Gasteiger partial charge in [0.2, 0.25) is 5.24 Å². The Morgan fingerprint density at radius 3 is 2.71 bits per heavy atom. The second-order valence-corrected chi connectivity index (χ2v) is 3.89. The summed E-state index contributed by atoms with van der Waals surface area (Å²) in [5.41, 5.74) is 1.54. The minimum atomic E-state index is -0.362. The highest BCUT2D eigenvalue weighted by Gasteiger charge is 2.10. The zero-order chi connectivity index (χ0) is 10.7. The molecule has 1 aromatic carbocycles. The molecule has 0 aliphatic rings. The van der Waals surface area contributed by atoms with Gasteiger partial charge in [0.15, 0.2) is 0 Å². The number of carbonyl (C=O) groups is 1. The fraction of sp³-hybridized carbons (Fsp3) is 0.364. The van der Waals surface area contributed by atoms with Crippen LogP contribution >= 0.6 is 11.6 Å². The first kappa shape index (κ1) is 11.2. The number of aryl methyl sites for hydroxylation is 1. The Bertz CT molecular complexity index is 349. The van der Waals surface area contributed by atoms with Crippen molar-refractivity contribution < 1.29 is 9.18 Å². The van der Waals surface area contributed by atoms with E-state index < -0.39 is 0 Å². The molecule has 0 aliphatic heterocycles. The third kappa shape index (κ3) is 2.81. The van der Waals surface area contributed by atoms with E-state index >= 15 is 0 Å². The van der Waals surface area contributed by atoms with Crippen molar-refractivity contribution in [1.29, 1.82) is 0 Å². The van der Waals surface area contributed by atoms with Crippen molar-refractivity contribution in [2.75, 3.05) is 0 Å². The maximum atomic E-state index is 12.9. The Morgan fingerprint density at radius 1 is 1.57 bits per heavy atom. The van der Waals surface area contributed by atoms with E-state index in [0.29, 0.717) is 5.56 Å². The predicted molar refractivity (Wildman–Crippen MR) is 55.0 cm³/mol. The minimum Gasteiger partial charge on any atom is -0.281 e. The van der Waals surface area contributed by atoms with Gasteiger partial charge in [-0.15, -0.1) is 0 Å². The van der Waals surface area contributed by atoms with Gasteiger partial charge < -0.3 is 0 Å². The molecule has 0 spiro atoms. The molecular weight excluding hydrogens is 203 g/mol. The SMILES string of the molecule is Cc1cc(C(C)CC(=O)Cl)ccc1F. The molecule has 14 heavy (non-hydrogen) atoms. The van der Waals surface area contributed by atoms with Gasteiger partial charge >= 0.3 is 0 Å². The number of benzene rings is 1. The monoisotopic (exact) mass is 214 g/mol. The van der Waals surface area contributed by atoms with Crippen LogP contribution in [0, 0.1) is 12.7 Å². The van der Waals surface area contributed by atoms with E-state index in [1.165, 1.54) is 6.07 Å². The predicted octanol–water partition coefficient (Wildman–Crippen LogP) is 3.39. The average Bonchev–Trinajstić information content (AvgIpc) is 2.08. The summed E-state index contributed by atoms with van der Waals surface area (Å²) in [5.74, 6) is -0.183. The van der Waals surface area contributed by atoms with Crippen LogP contribution in [0.2, 0.25) is 0 Å². The van der Waals surface area contributed by atoms with Crippen molar-refractivity contribution in [3.05, 3.63) is 35.1 Å². The first-order valence-corrected chi connectivity index (χ1v) is 4.83. The molecule has 0 bridgehead atoms. The third-order valence-electron chi connectivity index (χ3n) is 2.22. The van der Waals surface area contributed by atoms with Gasteiger partial charge in [-0.25, -0.2) is 4.39 Å². The molecule has 0 radical (unpaired) electrons. The molecule has 0 saturated heterocycles. The van der Waals surface area contributed by atoms with Gasteiger partial charge in [-0.1, -0.05) is 19.1 Å². The fourth-order valence-electron chi connectivity index (χ4n) is 1.33. The van der Waals surface area contributed by atoms with Crippen LogP contribution in [-0.4, -0.2) is 5.24 Å². The van der Waals surface area contributed by atoms with E-state index in [2.05, 4.69) is 0 Å². The molecule has 0 saturated carbocycles. The molecule has 76 valence electrons. The molecule has 3 heteroatoms. The molecule has 0 heterocycles. The van der Waals surface area contributed by atoms with Gasteiger partial charge in [-0.05, 0) is 41.6 Å². The summed E-state index contributed by atoms with van der Waals surface area (Å²) in [6, 6.07) is 4.85. The molecule has 1 rings (SSSR count). The lowest BCUT2D eigenvalue weighted by atomic mass is 9.97. The lowest BCUT2D eigenvalue weighted by Crippen LogP contribution is -1.99. The molecule has 1 nitrogen and oxygen atoms in total. The van der Waals surface area contributed by atoms with Crippen LogP contribution in [0.4, 0.5) is 4.39 Å². The molecule has 1 unspecified atom stereocenters. The van der Waals surface area contributed by atoms with Crippen LogP contribution < -0.4 is 0 Å². The highest BCUT2D eigenvalue weighted by atomic mass is 35.5. The lowest BCUT2D eigenvalue weighted by molar-refractivity contribution is -0.111. The molecular formula is C11H12ClFO. The summed E-state index contributed by atoms with van der Waals surface area (Å²) in [6.07, 6.45) is 0.284. The minimum absolute atomic E-state index is 0.0410. The Labute approximate surface area is 87.9 Å². The van der Waals surface area contributed by atoms with Crippen molar-refractivity contribution in [3.63, 3.8) is 0 Å². The van der Waals surface area contributed by atoms with Crippen LogP contribution in [0.25, 0.3) is 0 Å². The van der Waals surface area contributed by atoms with E-state index in [9.17, 15) is 9.18 Å². The fourth-order valence-corrected chi connectivity index (χ4v) is 1.56. The van der Waals surface area contributed by atoms with Crippen LogP contribution in [0.5, 0.6) is 0 Å². The maximum absolute atomic E-state index is 12.9. The number of hydrogen-bond acceptors (Lipinski definition) is 1. The maximum Gasteiger partial charge on any atom is 0.222 e. The van der Waals surface area contributed by atoms with Crippen LogP contribution in [0.1, 0.15) is 30.4 Å². The molecule has 0 aliphatic carbocycles. The summed E-state index contributed by atoms with van der Waals surface area (Å²) in [4.78, 5) is 10.7. The zero-order valence-corrected chi connectivity index (χ0v) is 8.94. The molecule has 0 aromatic heterocycles. The molecule has 0 fully saturated rings. The Hall–Kier alpha value is -0.890. The molecule has 0 N–H and O–H groups in total. The van der Waals surface area contributed by atoms with E-state index in [4.69, 9.17) is 11.6 Å². The Morgan fingerprint density at radius 2 is 2.21 bits per heavy atom. The van der Waals surface area contributed by atoms with Crippen LogP contribution in [0.3, 0.4) is 0 Å². The summed E-state index contributed by atoms with van der Waals surface area (Å²) in [7, 11) is 0. The van der Waals surface area contributed by atoms with Gasteiger partial charge in [0.25, 0.3) is 0 Å².